The van der Waals surface area contributed by atoms with Crippen molar-refractivity contribution in [3.63, 3.8) is 0 Å². The molecule has 0 saturated carbocycles. The van der Waals surface area contributed by atoms with Gasteiger partial charge in [-0.2, -0.15) is 29.8 Å². The summed E-state index contributed by atoms with van der Waals surface area (Å²) in [5.41, 5.74) is 2.56. The smallest absolute Gasteiger partial charge is 0.744 e. The average molecular weight is 555 g/mol. The quantitative estimate of drug-likeness (QED) is 0.164. The molecule has 0 spiro atoms. The van der Waals surface area contributed by atoms with Crippen LogP contribution < -0.4 is 68.6 Å². The summed E-state index contributed by atoms with van der Waals surface area (Å²) in [5, 5.41) is 0. The summed E-state index contributed by atoms with van der Waals surface area (Å²) < 4.78 is 72.5. The van der Waals surface area contributed by atoms with E-state index in [0.29, 0.717) is 0 Å². The molecule has 7 nitrogen and oxygen atoms in total. The fourth-order valence-corrected chi connectivity index (χ4v) is 5.31. The number of ether oxygens (including phenoxy) is 2. The third-order valence-corrected chi connectivity index (χ3v) is 7.86. The van der Waals surface area contributed by atoms with E-state index in [1.54, 1.807) is 44.4 Å². The second-order valence-electron chi connectivity index (χ2n) is 7.63. The van der Waals surface area contributed by atoms with Crippen LogP contribution in [0.1, 0.15) is 5.56 Å². The molecule has 0 aromatic heterocycles. The van der Waals surface area contributed by atoms with E-state index in [1.807, 2.05) is 24.3 Å². The van der Waals surface area contributed by atoms with Gasteiger partial charge in [0.25, 0.3) is 0 Å². The summed E-state index contributed by atoms with van der Waals surface area (Å²) in [6.45, 7) is 1.76. The van der Waals surface area contributed by atoms with Crippen molar-refractivity contribution in [2.75, 3.05) is 7.11 Å². The molecule has 0 atom stereocenters. The molecule has 4 aromatic rings. The van der Waals surface area contributed by atoms with Gasteiger partial charge in [-0.1, -0.05) is 31.2 Å². The molecule has 11 heteroatoms. The molecule has 0 aliphatic carbocycles. The largest absolute Gasteiger partial charge is 1.00 e. The zero-order valence-corrected chi connectivity index (χ0v) is 26.4. The summed E-state index contributed by atoms with van der Waals surface area (Å²) >= 11 is 0. The topological polar surface area (TPSA) is 110 Å². The zero-order chi connectivity index (χ0) is 25.2. The Morgan fingerprint density at radius 2 is 1.27 bits per heavy atom. The maximum Gasteiger partial charge on any atom is 1.00 e. The summed E-state index contributed by atoms with van der Waals surface area (Å²) in [4.78, 5) is -1.18. The van der Waals surface area contributed by atoms with Gasteiger partial charge < -0.3 is 14.0 Å². The van der Waals surface area contributed by atoms with Crippen molar-refractivity contribution >= 4 is 20.0 Å². The number of aryl methyl sites for hydroxylation is 1. The van der Waals surface area contributed by atoms with E-state index in [-0.39, 0.29) is 80.4 Å². The number of hydrogen-bond acceptors (Lipinski definition) is 7. The van der Waals surface area contributed by atoms with Crippen molar-refractivity contribution in [1.82, 2.24) is 0 Å². The van der Waals surface area contributed by atoms with Crippen LogP contribution in [0.25, 0.3) is 11.1 Å². The fourth-order valence-electron chi connectivity index (χ4n) is 3.35. The minimum Gasteiger partial charge on any atom is -0.744 e. The average Bonchev–Trinajstić information content (AvgIpc) is 2.84. The molecule has 0 aliphatic heterocycles. The molecule has 0 fully saturated rings. The van der Waals surface area contributed by atoms with Gasteiger partial charge in [0, 0.05) is 0 Å². The number of hydrogen-bond donors (Lipinski definition) is 0. The molecule has 0 saturated heterocycles. The Labute approximate surface area is 261 Å². The van der Waals surface area contributed by atoms with Gasteiger partial charge in [0.2, 0.25) is 0 Å². The molecule has 37 heavy (non-hydrogen) atoms. The second kappa shape index (κ2) is 12.9. The van der Waals surface area contributed by atoms with Crippen molar-refractivity contribution in [2.24, 2.45) is 0 Å². The van der Waals surface area contributed by atoms with Gasteiger partial charge in [-0.25, -0.2) is 16.8 Å². The van der Waals surface area contributed by atoms with E-state index in [2.05, 4.69) is 6.07 Å². The summed E-state index contributed by atoms with van der Waals surface area (Å²) in [5.74, 6) is 0.730. The Hall–Kier alpha value is -1.66. The van der Waals surface area contributed by atoms with Gasteiger partial charge in [0.15, 0.2) is 9.84 Å². The fraction of sp³-hybridized carbons (Fsp3) is 0.0769. The third-order valence-electron chi connectivity index (χ3n) is 5.25. The van der Waals surface area contributed by atoms with Crippen LogP contribution in [-0.4, -0.2) is 28.5 Å². The first-order valence-corrected chi connectivity index (χ1v) is 13.2. The zero-order valence-electron chi connectivity index (χ0n) is 20.8. The van der Waals surface area contributed by atoms with Gasteiger partial charge in [-0.05, 0) is 58.5 Å². The van der Waals surface area contributed by atoms with Crippen molar-refractivity contribution in [3.8, 4) is 28.4 Å². The van der Waals surface area contributed by atoms with Gasteiger partial charge in [-0.15, -0.1) is 0 Å². The first-order valence-electron chi connectivity index (χ1n) is 10.3. The molecule has 4 rings (SSSR count). The van der Waals surface area contributed by atoms with Crippen molar-refractivity contribution in [3.05, 3.63) is 96.6 Å². The predicted molar refractivity (Wildman–Crippen MR) is 128 cm³/mol. The van der Waals surface area contributed by atoms with Crippen LogP contribution in [0.15, 0.2) is 99.6 Å². The van der Waals surface area contributed by atoms with Crippen LogP contribution in [0.4, 0.5) is 0 Å². The van der Waals surface area contributed by atoms with Gasteiger partial charge in [-0.3, -0.25) is 0 Å². The molecule has 0 aliphatic rings. The van der Waals surface area contributed by atoms with Crippen LogP contribution >= 0.6 is 0 Å². The van der Waals surface area contributed by atoms with Crippen LogP contribution in [-0.2, 0) is 20.0 Å². The second-order valence-corrected chi connectivity index (χ2v) is 10.9. The number of rotatable bonds is 7. The van der Waals surface area contributed by atoms with Crippen molar-refractivity contribution < 1.29 is 90.0 Å². The van der Waals surface area contributed by atoms with Gasteiger partial charge in [0.1, 0.15) is 27.4 Å². The maximum atomic E-state index is 12.9. The Morgan fingerprint density at radius 1 is 0.730 bits per heavy atom. The monoisotopic (exact) mass is 554 g/mol. The molecule has 0 bridgehead atoms. The normalized spacial score (nSPS) is 11.1. The van der Waals surface area contributed by atoms with Crippen LogP contribution in [0.3, 0.4) is 0 Å². The molecule has 0 amide bonds. The Morgan fingerprint density at radius 3 is 1.76 bits per heavy atom. The van der Waals surface area contributed by atoms with E-state index in [9.17, 15) is 21.4 Å². The molecule has 180 valence electrons. The first-order chi connectivity index (χ1) is 16.6. The van der Waals surface area contributed by atoms with Crippen LogP contribution in [0.5, 0.6) is 17.2 Å². The molecular weight excluding hydrogens is 534 g/mol. The van der Waals surface area contributed by atoms with Crippen molar-refractivity contribution in [2.45, 2.75) is 21.6 Å². The Kier molecular flexibility index (Phi) is 11.0. The number of methoxy groups -OCH3 is 1. The molecule has 0 radical (unpaired) electrons. The van der Waals surface area contributed by atoms with E-state index in [4.69, 9.17) is 9.47 Å². The van der Waals surface area contributed by atoms with Gasteiger partial charge in [0.05, 0.1) is 16.9 Å². The van der Waals surface area contributed by atoms with E-state index >= 15 is 0 Å². The molecular formula is C26H20Na2O7S2. The van der Waals surface area contributed by atoms with E-state index in [1.165, 1.54) is 18.2 Å². The van der Waals surface area contributed by atoms with Crippen molar-refractivity contribution in [1.29, 1.82) is 0 Å². The first kappa shape index (κ1) is 31.6. The minimum absolute atomic E-state index is 0. The van der Waals surface area contributed by atoms with E-state index < -0.39 is 24.9 Å². The Balaban J connectivity index is 0.00000241. The molecule has 4 aromatic carbocycles. The number of benzene rings is 4. The summed E-state index contributed by atoms with van der Waals surface area (Å²) in [6.07, 6.45) is 0. The summed E-state index contributed by atoms with van der Waals surface area (Å²) in [7, 11) is -7.53. The van der Waals surface area contributed by atoms with Crippen LogP contribution in [0, 0.1) is 13.0 Å². The SMILES string of the molecule is COc1ccc(-c2ccc(Oc3ccc(S(=O)(=O)c4c[c-]c(C)cc4)cc3S(=O)(=O)[O-])cc2)cc1.[Na+].[Na+]. The molecule has 0 unspecified atom stereocenters. The maximum absolute atomic E-state index is 12.9. The predicted octanol–water partition coefficient (Wildman–Crippen LogP) is -0.992. The van der Waals surface area contributed by atoms with Crippen LogP contribution in [0.2, 0.25) is 0 Å². The molecule has 0 N–H and O–H groups in total. The Bertz CT molecular complexity index is 1570. The minimum atomic E-state index is -5.04. The van der Waals surface area contributed by atoms with E-state index in [0.717, 1.165) is 34.6 Å². The summed E-state index contributed by atoms with van der Waals surface area (Å²) in [6, 6.07) is 24.5. The third kappa shape index (κ3) is 7.47. The van der Waals surface area contributed by atoms with Gasteiger partial charge >= 0.3 is 59.1 Å². The molecule has 0 heterocycles. The standard InChI is InChI=1S/C26H21O7S2.2Na/c1-18-3-13-23(14-4-18)34(27,28)24-15-16-25(26(17-24)35(29,30)31)33-22-11-7-20(8-12-22)19-5-9-21(32-2)10-6-19;;/h3,5-17H,1-2H3,(H,29,30,31);;/q-1;2*+1/p-1. The number of sulfone groups is 1.